The summed E-state index contributed by atoms with van der Waals surface area (Å²) >= 11 is 0. The van der Waals surface area contributed by atoms with Crippen LogP contribution >= 0.6 is 0 Å². The van der Waals surface area contributed by atoms with Gasteiger partial charge in [-0.1, -0.05) is 47.6 Å². The summed E-state index contributed by atoms with van der Waals surface area (Å²) in [5.41, 5.74) is 0.454. The van der Waals surface area contributed by atoms with Crippen LogP contribution in [0.4, 0.5) is 13.2 Å². The molecule has 116 valence electrons. The Labute approximate surface area is 130 Å². The third-order valence-corrected chi connectivity index (χ3v) is 3.11. The Morgan fingerprint density at radius 2 is 1.70 bits per heavy atom. The standard InChI is InChI=1S/C17H11F3N2O/c18-17(19,20)14-8-4-7-13(11-14)16-21-15(23-22-16)10-9-12-5-2-1-3-6-12/h1-11H/b10-9+. The first-order valence-electron chi connectivity index (χ1n) is 6.77. The summed E-state index contributed by atoms with van der Waals surface area (Å²) in [6, 6.07) is 14.3. The topological polar surface area (TPSA) is 38.9 Å². The highest BCUT2D eigenvalue weighted by molar-refractivity contribution is 5.67. The summed E-state index contributed by atoms with van der Waals surface area (Å²) in [6.07, 6.45) is -1.02. The van der Waals surface area contributed by atoms with Gasteiger partial charge in [0.1, 0.15) is 0 Å². The lowest BCUT2D eigenvalue weighted by molar-refractivity contribution is -0.137. The van der Waals surface area contributed by atoms with Gasteiger partial charge in [0.2, 0.25) is 5.82 Å². The first-order valence-corrected chi connectivity index (χ1v) is 6.77. The van der Waals surface area contributed by atoms with Gasteiger partial charge in [-0.25, -0.2) is 0 Å². The molecule has 0 N–H and O–H groups in total. The van der Waals surface area contributed by atoms with Crippen LogP contribution in [0.15, 0.2) is 59.1 Å². The van der Waals surface area contributed by atoms with Gasteiger partial charge in [-0.2, -0.15) is 18.2 Å². The van der Waals surface area contributed by atoms with Gasteiger partial charge >= 0.3 is 6.18 Å². The smallest absolute Gasteiger partial charge is 0.334 e. The zero-order valence-corrected chi connectivity index (χ0v) is 11.8. The van der Waals surface area contributed by atoms with Gasteiger partial charge in [0.15, 0.2) is 0 Å². The predicted octanol–water partition coefficient (Wildman–Crippen LogP) is 4.93. The first-order chi connectivity index (χ1) is 11.0. The Bertz CT molecular complexity index is 823. The van der Waals surface area contributed by atoms with Crippen molar-refractivity contribution < 1.29 is 17.7 Å². The maximum absolute atomic E-state index is 12.7. The Hall–Kier alpha value is -2.89. The zero-order valence-electron chi connectivity index (χ0n) is 11.8. The summed E-state index contributed by atoms with van der Waals surface area (Å²) in [7, 11) is 0. The molecule has 0 atom stereocenters. The molecule has 0 bridgehead atoms. The van der Waals surface area contributed by atoms with Crippen LogP contribution in [0.3, 0.4) is 0 Å². The highest BCUT2D eigenvalue weighted by Crippen LogP contribution is 2.31. The van der Waals surface area contributed by atoms with E-state index in [1.165, 1.54) is 12.1 Å². The van der Waals surface area contributed by atoms with Crippen molar-refractivity contribution in [2.75, 3.05) is 0 Å². The molecule has 6 heteroatoms. The van der Waals surface area contributed by atoms with Gasteiger partial charge in [-0.05, 0) is 23.8 Å². The molecule has 0 fully saturated rings. The molecule has 0 spiro atoms. The molecule has 0 saturated carbocycles. The number of halogens is 3. The van der Waals surface area contributed by atoms with Crippen LogP contribution in [-0.2, 0) is 6.18 Å². The molecule has 0 aliphatic heterocycles. The Kier molecular flexibility index (Phi) is 3.97. The second kappa shape index (κ2) is 6.08. The van der Waals surface area contributed by atoms with E-state index in [2.05, 4.69) is 10.1 Å². The van der Waals surface area contributed by atoms with Crippen molar-refractivity contribution >= 4 is 12.2 Å². The highest BCUT2D eigenvalue weighted by atomic mass is 19.4. The molecule has 3 rings (SSSR count). The zero-order chi connectivity index (χ0) is 16.3. The van der Waals surface area contributed by atoms with Crippen molar-refractivity contribution in [3.8, 4) is 11.4 Å². The van der Waals surface area contributed by atoms with E-state index in [0.717, 1.165) is 17.7 Å². The van der Waals surface area contributed by atoms with E-state index in [-0.39, 0.29) is 17.3 Å². The molecule has 0 amide bonds. The van der Waals surface area contributed by atoms with Crippen LogP contribution < -0.4 is 0 Å². The molecule has 3 nitrogen and oxygen atoms in total. The van der Waals surface area contributed by atoms with Crippen molar-refractivity contribution in [3.05, 3.63) is 71.6 Å². The SMILES string of the molecule is FC(F)(F)c1cccc(-c2noc(/C=C/c3ccccc3)n2)c1. The molecule has 1 heterocycles. The number of hydrogen-bond acceptors (Lipinski definition) is 3. The van der Waals surface area contributed by atoms with Gasteiger partial charge in [-0.3, -0.25) is 0 Å². The lowest BCUT2D eigenvalue weighted by Gasteiger charge is -2.06. The van der Waals surface area contributed by atoms with Gasteiger partial charge in [-0.15, -0.1) is 0 Å². The quantitative estimate of drug-likeness (QED) is 0.688. The van der Waals surface area contributed by atoms with Crippen LogP contribution in [-0.4, -0.2) is 10.1 Å². The van der Waals surface area contributed by atoms with E-state index in [1.807, 2.05) is 30.3 Å². The monoisotopic (exact) mass is 316 g/mol. The fourth-order valence-electron chi connectivity index (χ4n) is 1.99. The molecule has 0 aliphatic rings. The molecule has 2 aromatic carbocycles. The molecule has 0 unspecified atom stereocenters. The van der Waals surface area contributed by atoms with Gasteiger partial charge in [0.25, 0.3) is 5.89 Å². The normalized spacial score (nSPS) is 12.0. The minimum Gasteiger partial charge on any atom is -0.334 e. The number of hydrogen-bond donors (Lipinski definition) is 0. The fraction of sp³-hybridized carbons (Fsp3) is 0.0588. The van der Waals surface area contributed by atoms with E-state index in [1.54, 1.807) is 12.2 Å². The van der Waals surface area contributed by atoms with Crippen molar-refractivity contribution in [3.63, 3.8) is 0 Å². The fourth-order valence-corrected chi connectivity index (χ4v) is 1.99. The number of benzene rings is 2. The van der Waals surface area contributed by atoms with E-state index in [9.17, 15) is 13.2 Å². The molecule has 0 aliphatic carbocycles. The Morgan fingerprint density at radius 1 is 0.913 bits per heavy atom. The molecule has 0 radical (unpaired) electrons. The van der Waals surface area contributed by atoms with Gasteiger partial charge in [0, 0.05) is 11.6 Å². The van der Waals surface area contributed by atoms with E-state index >= 15 is 0 Å². The third kappa shape index (κ3) is 3.66. The number of rotatable bonds is 3. The second-order valence-corrected chi connectivity index (χ2v) is 4.78. The minimum atomic E-state index is -4.41. The van der Waals surface area contributed by atoms with Crippen molar-refractivity contribution in [2.24, 2.45) is 0 Å². The van der Waals surface area contributed by atoms with Crippen molar-refractivity contribution in [1.82, 2.24) is 10.1 Å². The van der Waals surface area contributed by atoms with Crippen molar-refractivity contribution in [2.45, 2.75) is 6.18 Å². The summed E-state index contributed by atoms with van der Waals surface area (Å²) in [6.45, 7) is 0. The molecule has 0 saturated heterocycles. The first kappa shape index (κ1) is 15.0. The van der Waals surface area contributed by atoms with E-state index < -0.39 is 11.7 Å². The van der Waals surface area contributed by atoms with Crippen LogP contribution in [0, 0.1) is 0 Å². The molecular weight excluding hydrogens is 305 g/mol. The average Bonchev–Trinajstić information content (AvgIpc) is 3.02. The van der Waals surface area contributed by atoms with E-state index in [0.29, 0.717) is 0 Å². The second-order valence-electron chi connectivity index (χ2n) is 4.78. The van der Waals surface area contributed by atoms with Crippen LogP contribution in [0.25, 0.3) is 23.5 Å². The van der Waals surface area contributed by atoms with Crippen LogP contribution in [0.5, 0.6) is 0 Å². The minimum absolute atomic E-state index is 0.115. The summed E-state index contributed by atoms with van der Waals surface area (Å²) in [5.74, 6) is 0.338. The number of alkyl halides is 3. The molecule has 3 aromatic rings. The lowest BCUT2D eigenvalue weighted by Crippen LogP contribution is -2.04. The van der Waals surface area contributed by atoms with Gasteiger partial charge < -0.3 is 4.52 Å². The predicted molar refractivity (Wildman–Crippen MR) is 80.1 cm³/mol. The maximum atomic E-state index is 12.7. The largest absolute Gasteiger partial charge is 0.416 e. The average molecular weight is 316 g/mol. The summed E-state index contributed by atoms with van der Waals surface area (Å²) < 4.78 is 43.2. The van der Waals surface area contributed by atoms with E-state index in [4.69, 9.17) is 4.52 Å². The maximum Gasteiger partial charge on any atom is 0.416 e. The highest BCUT2D eigenvalue weighted by Gasteiger charge is 2.30. The molecule has 1 aromatic heterocycles. The third-order valence-electron chi connectivity index (χ3n) is 3.11. The number of aromatic nitrogens is 2. The number of nitrogens with zero attached hydrogens (tertiary/aromatic N) is 2. The van der Waals surface area contributed by atoms with Crippen LogP contribution in [0.1, 0.15) is 17.0 Å². The molecule has 23 heavy (non-hydrogen) atoms. The van der Waals surface area contributed by atoms with Gasteiger partial charge in [0.05, 0.1) is 5.56 Å². The Balaban J connectivity index is 1.84. The van der Waals surface area contributed by atoms with Crippen LogP contribution in [0.2, 0.25) is 0 Å². The van der Waals surface area contributed by atoms with Crippen molar-refractivity contribution in [1.29, 1.82) is 0 Å². The lowest BCUT2D eigenvalue weighted by atomic mass is 10.1. The summed E-state index contributed by atoms with van der Waals surface area (Å²) in [5, 5.41) is 3.72. The Morgan fingerprint density at radius 3 is 2.43 bits per heavy atom. The molecular formula is C17H11F3N2O. The summed E-state index contributed by atoms with van der Waals surface area (Å²) in [4.78, 5) is 4.09.